The van der Waals surface area contributed by atoms with E-state index >= 15 is 0 Å². The van der Waals surface area contributed by atoms with E-state index in [0.29, 0.717) is 12.4 Å². The van der Waals surface area contributed by atoms with Crippen LogP contribution in [0.15, 0.2) is 0 Å². The fourth-order valence-corrected chi connectivity index (χ4v) is 1.92. The van der Waals surface area contributed by atoms with Crippen LogP contribution in [0, 0.1) is 0 Å². The maximum absolute atomic E-state index is 10.4. The van der Waals surface area contributed by atoms with Crippen molar-refractivity contribution in [2.45, 2.75) is 0 Å². The van der Waals surface area contributed by atoms with E-state index in [0.717, 1.165) is 10.8 Å². The van der Waals surface area contributed by atoms with E-state index in [9.17, 15) is 8.42 Å². The third-order valence-corrected chi connectivity index (χ3v) is 3.13. The van der Waals surface area contributed by atoms with Gasteiger partial charge in [-0.15, -0.1) is 0 Å². The molecule has 0 aliphatic carbocycles. The highest BCUT2D eigenvalue weighted by atomic mass is 33.1. The molecule has 0 heterocycles. The van der Waals surface area contributed by atoms with Gasteiger partial charge in [-0.2, -0.15) is 0 Å². The Labute approximate surface area is 59.1 Å². The standard InChI is InChI=1S/C4H10O3S2/c1-7-3-4-8-9(2,5)6/h3-4H2,1-2H3. The Bertz CT molecular complexity index is 149. The summed E-state index contributed by atoms with van der Waals surface area (Å²) in [4.78, 5) is 0. The molecular formula is C4H10O3S2. The Morgan fingerprint density at radius 3 is 2.44 bits per heavy atom. The lowest BCUT2D eigenvalue weighted by Crippen LogP contribution is -1.96. The van der Waals surface area contributed by atoms with E-state index < -0.39 is 8.87 Å². The van der Waals surface area contributed by atoms with Crippen LogP contribution in [0.5, 0.6) is 0 Å². The van der Waals surface area contributed by atoms with Gasteiger partial charge in [0.05, 0.1) is 6.61 Å². The molecule has 0 unspecified atom stereocenters. The molecule has 0 radical (unpaired) electrons. The van der Waals surface area contributed by atoms with Crippen LogP contribution in [0.2, 0.25) is 0 Å². The lowest BCUT2D eigenvalue weighted by Gasteiger charge is -1.94. The molecule has 5 heteroatoms. The summed E-state index contributed by atoms with van der Waals surface area (Å²) in [5.41, 5.74) is 0. The number of hydrogen-bond donors (Lipinski definition) is 0. The van der Waals surface area contributed by atoms with Gasteiger partial charge in [0.15, 0.2) is 8.87 Å². The third kappa shape index (κ3) is 8.26. The minimum absolute atomic E-state index is 0.484. The molecule has 0 amide bonds. The Hall–Kier alpha value is 0.260. The van der Waals surface area contributed by atoms with E-state index in [1.54, 1.807) is 7.11 Å². The molecule has 9 heavy (non-hydrogen) atoms. The molecule has 0 aromatic rings. The minimum atomic E-state index is -2.86. The van der Waals surface area contributed by atoms with E-state index in [2.05, 4.69) is 4.74 Å². The molecule has 0 aliphatic rings. The van der Waals surface area contributed by atoms with Crippen molar-refractivity contribution in [2.24, 2.45) is 0 Å². The van der Waals surface area contributed by atoms with Crippen LogP contribution >= 0.6 is 10.8 Å². The van der Waals surface area contributed by atoms with Crippen molar-refractivity contribution in [3.8, 4) is 0 Å². The zero-order valence-corrected chi connectivity index (χ0v) is 7.09. The number of methoxy groups -OCH3 is 1. The molecule has 0 rings (SSSR count). The first kappa shape index (κ1) is 9.26. The summed E-state index contributed by atoms with van der Waals surface area (Å²) in [5, 5.41) is 0. The smallest absolute Gasteiger partial charge is 0.198 e. The summed E-state index contributed by atoms with van der Waals surface area (Å²) in [6.07, 6.45) is 1.19. The van der Waals surface area contributed by atoms with E-state index in [1.807, 2.05) is 0 Å². The van der Waals surface area contributed by atoms with Crippen molar-refractivity contribution in [3.63, 3.8) is 0 Å². The molecule has 56 valence electrons. The lowest BCUT2D eigenvalue weighted by atomic mass is 10.9. The molecular weight excluding hydrogens is 160 g/mol. The molecule has 0 atom stereocenters. The van der Waals surface area contributed by atoms with E-state index in [-0.39, 0.29) is 0 Å². The molecule has 0 bridgehead atoms. The summed E-state index contributed by atoms with van der Waals surface area (Å²) < 4.78 is 25.5. The highest BCUT2D eigenvalue weighted by molar-refractivity contribution is 8.71. The van der Waals surface area contributed by atoms with Crippen LogP contribution < -0.4 is 0 Å². The van der Waals surface area contributed by atoms with Gasteiger partial charge >= 0.3 is 0 Å². The van der Waals surface area contributed by atoms with Gasteiger partial charge in [-0.1, -0.05) is 0 Å². The number of rotatable bonds is 4. The van der Waals surface area contributed by atoms with Crippen molar-refractivity contribution >= 4 is 19.7 Å². The highest BCUT2D eigenvalue weighted by Crippen LogP contribution is 2.07. The second kappa shape index (κ2) is 4.14. The summed E-state index contributed by atoms with van der Waals surface area (Å²) in [6.45, 7) is 0.484. The normalized spacial score (nSPS) is 11.8. The Morgan fingerprint density at radius 1 is 1.56 bits per heavy atom. The highest BCUT2D eigenvalue weighted by Gasteiger charge is 1.99. The van der Waals surface area contributed by atoms with Crippen LogP contribution in [0.25, 0.3) is 0 Å². The summed E-state index contributed by atoms with van der Waals surface area (Å²) >= 11 is 0. The molecule has 0 aromatic heterocycles. The van der Waals surface area contributed by atoms with Gasteiger partial charge in [0, 0.05) is 19.1 Å². The molecule has 3 nitrogen and oxygen atoms in total. The van der Waals surface area contributed by atoms with Gasteiger partial charge in [0.2, 0.25) is 0 Å². The van der Waals surface area contributed by atoms with Gasteiger partial charge < -0.3 is 4.74 Å². The van der Waals surface area contributed by atoms with Crippen LogP contribution in [0.4, 0.5) is 0 Å². The van der Waals surface area contributed by atoms with Gasteiger partial charge in [0.1, 0.15) is 0 Å². The predicted octanol–water partition coefficient (Wildman–Crippen LogP) is 0.326. The Kier molecular flexibility index (Phi) is 4.26. The minimum Gasteiger partial charge on any atom is -0.384 e. The predicted molar refractivity (Wildman–Crippen MR) is 39.2 cm³/mol. The first-order valence-corrected chi connectivity index (χ1v) is 5.79. The molecule has 0 spiro atoms. The fourth-order valence-electron chi connectivity index (χ4n) is 0.269. The molecule has 0 saturated heterocycles. The van der Waals surface area contributed by atoms with Gasteiger partial charge in [-0.05, 0) is 10.8 Å². The zero-order valence-electron chi connectivity index (χ0n) is 5.46. The van der Waals surface area contributed by atoms with Crippen molar-refractivity contribution in [1.82, 2.24) is 0 Å². The maximum atomic E-state index is 10.4. The number of hydrogen-bond acceptors (Lipinski definition) is 4. The quantitative estimate of drug-likeness (QED) is 0.450. The SMILES string of the molecule is COCCSS(C)(=O)=O. The molecule has 0 aromatic carbocycles. The van der Waals surface area contributed by atoms with Crippen molar-refractivity contribution in [2.75, 3.05) is 25.7 Å². The van der Waals surface area contributed by atoms with Crippen molar-refractivity contribution in [3.05, 3.63) is 0 Å². The van der Waals surface area contributed by atoms with Crippen LogP contribution in [-0.2, 0) is 13.6 Å². The van der Waals surface area contributed by atoms with Crippen LogP contribution in [0.3, 0.4) is 0 Å². The Balaban J connectivity index is 3.30. The average Bonchev–Trinajstić information content (AvgIpc) is 1.63. The first-order chi connectivity index (χ1) is 4.06. The average molecular weight is 170 g/mol. The zero-order chi connectivity index (χ0) is 7.33. The number of ether oxygens (including phenoxy) is 1. The fraction of sp³-hybridized carbons (Fsp3) is 1.00. The van der Waals surface area contributed by atoms with Gasteiger partial charge in [-0.3, -0.25) is 0 Å². The van der Waals surface area contributed by atoms with Crippen molar-refractivity contribution < 1.29 is 13.2 Å². The first-order valence-electron chi connectivity index (χ1n) is 2.39. The van der Waals surface area contributed by atoms with Gasteiger partial charge in [-0.25, -0.2) is 8.42 Å². The van der Waals surface area contributed by atoms with Crippen molar-refractivity contribution in [1.29, 1.82) is 0 Å². The molecule has 0 fully saturated rings. The maximum Gasteiger partial charge on any atom is 0.198 e. The summed E-state index contributed by atoms with van der Waals surface area (Å²) in [5.74, 6) is 0.509. The third-order valence-electron chi connectivity index (χ3n) is 0.585. The lowest BCUT2D eigenvalue weighted by molar-refractivity contribution is 0.219. The summed E-state index contributed by atoms with van der Waals surface area (Å²) in [7, 11) is -0.410. The van der Waals surface area contributed by atoms with Crippen LogP contribution in [-0.4, -0.2) is 34.1 Å². The summed E-state index contributed by atoms with van der Waals surface area (Å²) in [6, 6.07) is 0. The second-order valence-corrected chi connectivity index (χ2v) is 6.09. The molecule has 0 saturated carbocycles. The second-order valence-electron chi connectivity index (χ2n) is 1.52. The molecule has 0 N–H and O–H groups in total. The largest absolute Gasteiger partial charge is 0.384 e. The van der Waals surface area contributed by atoms with Crippen LogP contribution in [0.1, 0.15) is 0 Å². The Morgan fingerprint density at radius 2 is 2.11 bits per heavy atom. The topological polar surface area (TPSA) is 43.4 Å². The van der Waals surface area contributed by atoms with Gasteiger partial charge in [0.25, 0.3) is 0 Å². The van der Waals surface area contributed by atoms with E-state index in [4.69, 9.17) is 0 Å². The van der Waals surface area contributed by atoms with E-state index in [1.165, 1.54) is 6.26 Å². The monoisotopic (exact) mass is 170 g/mol. The molecule has 0 aliphatic heterocycles.